The summed E-state index contributed by atoms with van der Waals surface area (Å²) in [5.41, 5.74) is 3.65. The fraction of sp³-hybridized carbons (Fsp3) is 0.130. The third-order valence-corrected chi connectivity index (χ3v) is 6.78. The molecule has 0 spiro atoms. The van der Waals surface area contributed by atoms with E-state index in [0.717, 1.165) is 28.4 Å². The van der Waals surface area contributed by atoms with Crippen LogP contribution in [0.15, 0.2) is 69.9 Å². The summed E-state index contributed by atoms with van der Waals surface area (Å²) in [5, 5.41) is 11.5. The summed E-state index contributed by atoms with van der Waals surface area (Å²) in [7, 11) is 1.64. The maximum absolute atomic E-state index is 12.3. The van der Waals surface area contributed by atoms with Gasteiger partial charge in [-0.25, -0.2) is 4.98 Å². The summed E-state index contributed by atoms with van der Waals surface area (Å²) in [5.74, 6) is 2.59. The standard InChI is InChI=1S/C23H19N5O2S2/c1-14-4-3-5-15(12-14)21-26-27-23(28(21)16-6-8-17(30-2)9-7-16)32-13-19-24-18-10-11-31-20(18)22(29)25-19/h3-12H,13H2,1-2H3,(H,24,25,29). The van der Waals surface area contributed by atoms with Gasteiger partial charge in [0.1, 0.15) is 16.3 Å². The lowest BCUT2D eigenvalue weighted by Crippen LogP contribution is -2.09. The fourth-order valence-electron chi connectivity index (χ4n) is 3.42. The number of aromatic nitrogens is 5. The van der Waals surface area contributed by atoms with Gasteiger partial charge in [-0.3, -0.25) is 9.36 Å². The highest BCUT2D eigenvalue weighted by Crippen LogP contribution is 2.30. The normalized spacial score (nSPS) is 11.2. The Morgan fingerprint density at radius 1 is 1.12 bits per heavy atom. The van der Waals surface area contributed by atoms with Gasteiger partial charge in [-0.1, -0.05) is 35.5 Å². The van der Waals surface area contributed by atoms with Crippen molar-refractivity contribution in [2.75, 3.05) is 7.11 Å². The molecule has 160 valence electrons. The number of H-pyrrole nitrogens is 1. The molecule has 1 N–H and O–H groups in total. The maximum Gasteiger partial charge on any atom is 0.268 e. The van der Waals surface area contributed by atoms with Crippen molar-refractivity contribution in [1.82, 2.24) is 24.7 Å². The van der Waals surface area contributed by atoms with Gasteiger partial charge < -0.3 is 9.72 Å². The lowest BCUT2D eigenvalue weighted by atomic mass is 10.1. The highest BCUT2D eigenvalue weighted by Gasteiger charge is 2.17. The number of nitrogens with zero attached hydrogens (tertiary/aromatic N) is 4. The number of thioether (sulfide) groups is 1. The number of nitrogens with one attached hydrogen (secondary N) is 1. The molecule has 5 aromatic rings. The minimum Gasteiger partial charge on any atom is -0.497 e. The van der Waals surface area contributed by atoms with Crippen molar-refractivity contribution < 1.29 is 4.74 Å². The van der Waals surface area contributed by atoms with Gasteiger partial charge in [0.2, 0.25) is 0 Å². The molecular weight excluding hydrogens is 442 g/mol. The first-order valence-corrected chi connectivity index (χ1v) is 11.7. The highest BCUT2D eigenvalue weighted by atomic mass is 32.2. The number of hydrogen-bond acceptors (Lipinski definition) is 7. The summed E-state index contributed by atoms with van der Waals surface area (Å²) in [4.78, 5) is 19.8. The predicted molar refractivity (Wildman–Crippen MR) is 128 cm³/mol. The molecule has 0 aliphatic rings. The molecular formula is C23H19N5O2S2. The number of rotatable bonds is 6. The minimum absolute atomic E-state index is 0.113. The number of aryl methyl sites for hydroxylation is 1. The van der Waals surface area contributed by atoms with E-state index in [1.165, 1.54) is 23.1 Å². The van der Waals surface area contributed by atoms with Crippen molar-refractivity contribution in [3.63, 3.8) is 0 Å². The SMILES string of the molecule is COc1ccc(-n2c(SCc3nc4ccsc4c(=O)[nH]3)nnc2-c2cccc(C)c2)cc1. The predicted octanol–water partition coefficient (Wildman–Crippen LogP) is 4.84. The molecule has 0 saturated heterocycles. The fourth-order valence-corrected chi connectivity index (χ4v) is 4.97. The van der Waals surface area contributed by atoms with Crippen molar-refractivity contribution in [2.24, 2.45) is 0 Å². The molecule has 0 fully saturated rings. The molecule has 0 aliphatic carbocycles. The second-order valence-electron chi connectivity index (χ2n) is 7.15. The van der Waals surface area contributed by atoms with Crippen LogP contribution in [-0.2, 0) is 5.75 Å². The monoisotopic (exact) mass is 461 g/mol. The number of thiophene rings is 1. The van der Waals surface area contributed by atoms with E-state index in [1.807, 2.05) is 52.4 Å². The first-order chi connectivity index (χ1) is 15.6. The van der Waals surface area contributed by atoms with Gasteiger partial charge in [0.15, 0.2) is 11.0 Å². The molecule has 3 aromatic heterocycles. The van der Waals surface area contributed by atoms with Crippen molar-refractivity contribution in [1.29, 1.82) is 0 Å². The number of fused-ring (bicyclic) bond motifs is 1. The van der Waals surface area contributed by atoms with E-state index in [2.05, 4.69) is 39.2 Å². The molecule has 0 amide bonds. The van der Waals surface area contributed by atoms with Crippen LogP contribution in [-0.4, -0.2) is 31.8 Å². The average molecular weight is 462 g/mol. The number of hydrogen-bond donors (Lipinski definition) is 1. The van der Waals surface area contributed by atoms with E-state index in [4.69, 9.17) is 4.74 Å². The Morgan fingerprint density at radius 2 is 1.97 bits per heavy atom. The van der Waals surface area contributed by atoms with Crippen molar-refractivity contribution in [3.05, 3.63) is 81.7 Å². The van der Waals surface area contributed by atoms with Gasteiger partial charge in [-0.05, 0) is 48.7 Å². The van der Waals surface area contributed by atoms with Crippen molar-refractivity contribution >= 4 is 33.3 Å². The Kier molecular flexibility index (Phi) is 5.50. The lowest BCUT2D eigenvalue weighted by Gasteiger charge is -2.11. The third kappa shape index (κ3) is 3.92. The molecule has 0 unspecified atom stereocenters. The van der Waals surface area contributed by atoms with Crippen molar-refractivity contribution in [3.8, 4) is 22.8 Å². The van der Waals surface area contributed by atoms with Crippen molar-refractivity contribution in [2.45, 2.75) is 17.8 Å². The van der Waals surface area contributed by atoms with Gasteiger partial charge in [0, 0.05) is 11.3 Å². The molecule has 0 aliphatic heterocycles. The summed E-state index contributed by atoms with van der Waals surface area (Å²) in [6, 6.07) is 17.8. The number of ether oxygens (including phenoxy) is 1. The lowest BCUT2D eigenvalue weighted by molar-refractivity contribution is 0.414. The van der Waals surface area contributed by atoms with Gasteiger partial charge >= 0.3 is 0 Å². The van der Waals surface area contributed by atoms with Gasteiger partial charge in [0.05, 0.1) is 18.4 Å². The van der Waals surface area contributed by atoms with Gasteiger partial charge in [0.25, 0.3) is 5.56 Å². The van der Waals surface area contributed by atoms with Crippen LogP contribution in [0.3, 0.4) is 0 Å². The first-order valence-electron chi connectivity index (χ1n) is 9.88. The van der Waals surface area contributed by atoms with Crippen LogP contribution < -0.4 is 10.3 Å². The topological polar surface area (TPSA) is 85.7 Å². The Bertz CT molecular complexity index is 1450. The molecule has 9 heteroatoms. The average Bonchev–Trinajstić information content (AvgIpc) is 3.45. The summed E-state index contributed by atoms with van der Waals surface area (Å²) < 4.78 is 7.96. The first kappa shape index (κ1) is 20.5. The summed E-state index contributed by atoms with van der Waals surface area (Å²) in [6.07, 6.45) is 0. The highest BCUT2D eigenvalue weighted by molar-refractivity contribution is 7.98. The smallest absolute Gasteiger partial charge is 0.268 e. The minimum atomic E-state index is -0.113. The quantitative estimate of drug-likeness (QED) is 0.364. The van der Waals surface area contributed by atoms with Crippen LogP contribution in [0.2, 0.25) is 0 Å². The Labute approximate surface area is 192 Å². The second kappa shape index (κ2) is 8.60. The molecule has 7 nitrogen and oxygen atoms in total. The van der Waals surface area contributed by atoms with Crippen LogP contribution >= 0.6 is 23.1 Å². The molecule has 0 saturated carbocycles. The van der Waals surface area contributed by atoms with Crippen LogP contribution in [0.25, 0.3) is 27.3 Å². The van der Waals surface area contributed by atoms with Crippen LogP contribution in [0, 0.1) is 6.92 Å². The van der Waals surface area contributed by atoms with Gasteiger partial charge in [-0.15, -0.1) is 21.5 Å². The Hall–Kier alpha value is -3.43. The van der Waals surface area contributed by atoms with E-state index in [0.29, 0.717) is 27.0 Å². The van der Waals surface area contributed by atoms with Crippen LogP contribution in [0.5, 0.6) is 5.75 Å². The number of benzene rings is 2. The number of methoxy groups -OCH3 is 1. The molecule has 2 aromatic carbocycles. The molecule has 0 bridgehead atoms. The van der Waals surface area contributed by atoms with E-state index in [9.17, 15) is 4.79 Å². The zero-order chi connectivity index (χ0) is 22.1. The summed E-state index contributed by atoms with van der Waals surface area (Å²) >= 11 is 2.87. The second-order valence-corrected chi connectivity index (χ2v) is 9.00. The third-order valence-electron chi connectivity index (χ3n) is 4.94. The molecule has 3 heterocycles. The maximum atomic E-state index is 12.3. The van der Waals surface area contributed by atoms with Gasteiger partial charge in [-0.2, -0.15) is 0 Å². The molecule has 5 rings (SSSR count). The van der Waals surface area contributed by atoms with E-state index in [1.54, 1.807) is 7.11 Å². The number of aromatic amines is 1. The van der Waals surface area contributed by atoms with E-state index < -0.39 is 0 Å². The largest absolute Gasteiger partial charge is 0.497 e. The Morgan fingerprint density at radius 3 is 2.75 bits per heavy atom. The van der Waals surface area contributed by atoms with Crippen LogP contribution in [0.4, 0.5) is 0 Å². The molecule has 32 heavy (non-hydrogen) atoms. The zero-order valence-electron chi connectivity index (χ0n) is 17.4. The van der Waals surface area contributed by atoms with E-state index in [-0.39, 0.29) is 5.56 Å². The molecule has 0 radical (unpaired) electrons. The summed E-state index contributed by atoms with van der Waals surface area (Å²) in [6.45, 7) is 2.05. The zero-order valence-corrected chi connectivity index (χ0v) is 19.0. The van der Waals surface area contributed by atoms with E-state index >= 15 is 0 Å². The van der Waals surface area contributed by atoms with Crippen LogP contribution in [0.1, 0.15) is 11.4 Å². The molecule has 0 atom stereocenters. The Balaban J connectivity index is 1.54.